The molecule has 0 heterocycles. The first-order chi connectivity index (χ1) is 10.3. The Morgan fingerprint density at radius 1 is 0.810 bits per heavy atom. The van der Waals surface area contributed by atoms with E-state index in [1.807, 2.05) is 12.1 Å². The molecule has 21 heavy (non-hydrogen) atoms. The highest BCUT2D eigenvalue weighted by molar-refractivity contribution is 8.00. The van der Waals surface area contributed by atoms with Crippen LogP contribution in [0.25, 0.3) is 0 Å². The second-order valence-corrected chi connectivity index (χ2v) is 7.59. The quantitative estimate of drug-likeness (QED) is 0.620. The van der Waals surface area contributed by atoms with E-state index in [0.29, 0.717) is 5.25 Å². The monoisotopic (exact) mass is 316 g/mol. The van der Waals surface area contributed by atoms with Crippen molar-refractivity contribution in [1.82, 2.24) is 0 Å². The Hall–Kier alpha value is -0.920. The molecule has 0 saturated heterocycles. The second kappa shape index (κ2) is 7.38. The predicted molar refractivity (Wildman–Crippen MR) is 94.2 cm³/mol. The zero-order valence-electron chi connectivity index (χ0n) is 12.2. The molecule has 0 spiro atoms. The lowest BCUT2D eigenvalue weighted by Gasteiger charge is -2.27. The summed E-state index contributed by atoms with van der Waals surface area (Å²) in [6.07, 6.45) is 6.91. The Kier molecular flexibility index (Phi) is 5.27. The zero-order chi connectivity index (χ0) is 14.5. The van der Waals surface area contributed by atoms with Crippen molar-refractivity contribution in [2.24, 2.45) is 0 Å². The van der Waals surface area contributed by atoms with Gasteiger partial charge in [-0.1, -0.05) is 73.3 Å². The molecule has 1 saturated carbocycles. The van der Waals surface area contributed by atoms with Gasteiger partial charge in [-0.3, -0.25) is 0 Å². The fourth-order valence-electron chi connectivity index (χ4n) is 3.01. The predicted octanol–water partition coefficient (Wildman–Crippen LogP) is 6.50. The Morgan fingerprint density at radius 3 is 2.10 bits per heavy atom. The van der Waals surface area contributed by atoms with Crippen molar-refractivity contribution in [3.8, 4) is 0 Å². The van der Waals surface area contributed by atoms with Crippen molar-refractivity contribution in [3.05, 3.63) is 70.7 Å². The lowest BCUT2D eigenvalue weighted by Crippen LogP contribution is -2.11. The van der Waals surface area contributed by atoms with Crippen molar-refractivity contribution in [1.29, 1.82) is 0 Å². The summed E-state index contributed by atoms with van der Waals surface area (Å²) in [5.41, 5.74) is 2.76. The summed E-state index contributed by atoms with van der Waals surface area (Å²) in [6, 6.07) is 19.2. The number of rotatable bonds is 4. The molecule has 0 N–H and O–H groups in total. The summed E-state index contributed by atoms with van der Waals surface area (Å²) in [6.45, 7) is 0. The molecule has 1 aliphatic carbocycles. The van der Waals surface area contributed by atoms with Crippen molar-refractivity contribution in [2.75, 3.05) is 0 Å². The van der Waals surface area contributed by atoms with Crippen LogP contribution in [0, 0.1) is 0 Å². The molecule has 3 rings (SSSR count). The second-order valence-electron chi connectivity index (χ2n) is 5.74. The van der Waals surface area contributed by atoms with E-state index in [0.717, 1.165) is 10.3 Å². The largest absolute Gasteiger partial charge is 0.146 e. The van der Waals surface area contributed by atoms with E-state index in [1.165, 1.54) is 43.2 Å². The molecule has 1 aliphatic rings. The van der Waals surface area contributed by atoms with Gasteiger partial charge in [-0.25, -0.2) is 0 Å². The van der Waals surface area contributed by atoms with Gasteiger partial charge >= 0.3 is 0 Å². The van der Waals surface area contributed by atoms with Crippen LogP contribution in [-0.2, 0) is 0 Å². The SMILES string of the molecule is Clc1ccc([C@H](SC2CCCCC2)c2ccccc2)cc1. The van der Waals surface area contributed by atoms with Gasteiger partial charge in [-0.15, -0.1) is 11.8 Å². The van der Waals surface area contributed by atoms with Gasteiger partial charge in [0.1, 0.15) is 0 Å². The summed E-state index contributed by atoms with van der Waals surface area (Å²) in [7, 11) is 0. The molecular formula is C19H21ClS. The van der Waals surface area contributed by atoms with E-state index in [9.17, 15) is 0 Å². The lowest BCUT2D eigenvalue weighted by atomic mass is 10.0. The van der Waals surface area contributed by atoms with Gasteiger partial charge < -0.3 is 0 Å². The van der Waals surface area contributed by atoms with Gasteiger partial charge in [0, 0.05) is 10.3 Å². The summed E-state index contributed by atoms with van der Waals surface area (Å²) in [4.78, 5) is 0. The highest BCUT2D eigenvalue weighted by atomic mass is 35.5. The van der Waals surface area contributed by atoms with Crippen molar-refractivity contribution in [2.45, 2.75) is 42.6 Å². The maximum Gasteiger partial charge on any atom is 0.0549 e. The van der Waals surface area contributed by atoms with E-state index in [1.54, 1.807) is 0 Å². The minimum absolute atomic E-state index is 0.423. The fraction of sp³-hybridized carbons (Fsp3) is 0.368. The minimum atomic E-state index is 0.423. The molecule has 0 aliphatic heterocycles. The molecule has 0 radical (unpaired) electrons. The first kappa shape index (κ1) is 15.0. The number of thioether (sulfide) groups is 1. The van der Waals surface area contributed by atoms with Gasteiger partial charge in [0.25, 0.3) is 0 Å². The van der Waals surface area contributed by atoms with Gasteiger partial charge in [0.15, 0.2) is 0 Å². The van der Waals surface area contributed by atoms with Crippen LogP contribution in [0.3, 0.4) is 0 Å². The van der Waals surface area contributed by atoms with Crippen LogP contribution in [-0.4, -0.2) is 5.25 Å². The summed E-state index contributed by atoms with van der Waals surface area (Å²) < 4.78 is 0. The number of hydrogen-bond donors (Lipinski definition) is 0. The zero-order valence-corrected chi connectivity index (χ0v) is 13.7. The van der Waals surface area contributed by atoms with E-state index < -0.39 is 0 Å². The van der Waals surface area contributed by atoms with Crippen molar-refractivity contribution < 1.29 is 0 Å². The lowest BCUT2D eigenvalue weighted by molar-refractivity contribution is 0.515. The number of hydrogen-bond acceptors (Lipinski definition) is 1. The van der Waals surface area contributed by atoms with E-state index >= 15 is 0 Å². The van der Waals surface area contributed by atoms with Crippen molar-refractivity contribution in [3.63, 3.8) is 0 Å². The normalized spacial score (nSPS) is 17.6. The molecule has 110 valence electrons. The molecule has 1 fully saturated rings. The molecular weight excluding hydrogens is 296 g/mol. The van der Waals surface area contributed by atoms with E-state index in [4.69, 9.17) is 11.6 Å². The standard InChI is InChI=1S/C19H21ClS/c20-17-13-11-16(12-14-17)19(15-7-3-1-4-8-15)21-18-9-5-2-6-10-18/h1,3-4,7-8,11-14,18-19H,2,5-6,9-10H2/t19-/m1/s1. The minimum Gasteiger partial charge on any atom is -0.146 e. The average molecular weight is 317 g/mol. The third-order valence-corrected chi connectivity index (χ3v) is 6.08. The number of benzene rings is 2. The summed E-state index contributed by atoms with van der Waals surface area (Å²) in [5.74, 6) is 0. The molecule has 0 nitrogen and oxygen atoms in total. The average Bonchev–Trinajstić information content (AvgIpc) is 2.55. The van der Waals surface area contributed by atoms with Crippen LogP contribution in [0.1, 0.15) is 48.5 Å². The highest BCUT2D eigenvalue weighted by Crippen LogP contribution is 2.42. The molecule has 0 unspecified atom stereocenters. The van der Waals surface area contributed by atoms with Crippen LogP contribution in [0.15, 0.2) is 54.6 Å². The first-order valence-electron chi connectivity index (χ1n) is 7.79. The van der Waals surface area contributed by atoms with Crippen LogP contribution in [0.2, 0.25) is 5.02 Å². The number of halogens is 1. The third-order valence-electron chi connectivity index (χ3n) is 4.16. The van der Waals surface area contributed by atoms with Gasteiger partial charge in [0.2, 0.25) is 0 Å². The fourth-order valence-corrected chi connectivity index (χ4v) is 4.75. The molecule has 0 bridgehead atoms. The first-order valence-corrected chi connectivity index (χ1v) is 9.11. The molecule has 0 aromatic heterocycles. The maximum absolute atomic E-state index is 6.05. The Morgan fingerprint density at radius 2 is 1.43 bits per heavy atom. The van der Waals surface area contributed by atoms with Crippen LogP contribution in [0.4, 0.5) is 0 Å². The Labute approximate surface area is 136 Å². The Bertz CT molecular complexity index is 544. The molecule has 1 atom stereocenters. The molecule has 0 amide bonds. The smallest absolute Gasteiger partial charge is 0.0549 e. The van der Waals surface area contributed by atoms with Crippen LogP contribution >= 0.6 is 23.4 Å². The van der Waals surface area contributed by atoms with Crippen LogP contribution in [0.5, 0.6) is 0 Å². The molecule has 2 heteroatoms. The topological polar surface area (TPSA) is 0 Å². The molecule has 2 aromatic carbocycles. The maximum atomic E-state index is 6.05. The van der Waals surface area contributed by atoms with Gasteiger partial charge in [-0.05, 0) is 36.1 Å². The van der Waals surface area contributed by atoms with Gasteiger partial charge in [0.05, 0.1) is 5.25 Å². The summed E-state index contributed by atoms with van der Waals surface area (Å²) >= 11 is 8.18. The van der Waals surface area contributed by atoms with Crippen LogP contribution < -0.4 is 0 Å². The molecule has 2 aromatic rings. The van der Waals surface area contributed by atoms with E-state index in [-0.39, 0.29) is 0 Å². The van der Waals surface area contributed by atoms with Gasteiger partial charge in [-0.2, -0.15) is 0 Å². The highest BCUT2D eigenvalue weighted by Gasteiger charge is 2.22. The van der Waals surface area contributed by atoms with Crippen molar-refractivity contribution >= 4 is 23.4 Å². The summed E-state index contributed by atoms with van der Waals surface area (Å²) in [5, 5.41) is 2.03. The Balaban J connectivity index is 1.85. The third kappa shape index (κ3) is 4.05. The van der Waals surface area contributed by atoms with E-state index in [2.05, 4.69) is 54.2 Å².